The van der Waals surface area contributed by atoms with E-state index in [4.69, 9.17) is 4.74 Å². The summed E-state index contributed by atoms with van der Waals surface area (Å²) >= 11 is 0. The standard InChI is InChI=1S/C23H29N3O5S/c1-17-6-11-21(31-2)20(14-17)25-23(28)16-24-22(27)15-18-7-9-19(10-8-18)32(29,30)26-12-4-3-5-13-26/h6-11,14H,3-5,12-13,15-16H2,1-2H3,(H,24,27)(H,25,28). The number of nitrogens with one attached hydrogen (secondary N) is 2. The molecule has 0 unspecified atom stereocenters. The fourth-order valence-electron chi connectivity index (χ4n) is 3.57. The Labute approximate surface area is 189 Å². The molecule has 0 radical (unpaired) electrons. The van der Waals surface area contributed by atoms with Gasteiger partial charge < -0.3 is 15.4 Å². The molecule has 3 rings (SSSR count). The number of carbonyl (C=O) groups is 2. The number of benzene rings is 2. The zero-order valence-electron chi connectivity index (χ0n) is 18.4. The van der Waals surface area contributed by atoms with Gasteiger partial charge in [-0.25, -0.2) is 8.42 Å². The van der Waals surface area contributed by atoms with Crippen LogP contribution >= 0.6 is 0 Å². The zero-order valence-corrected chi connectivity index (χ0v) is 19.2. The third kappa shape index (κ3) is 6.08. The molecule has 1 heterocycles. The van der Waals surface area contributed by atoms with Gasteiger partial charge in [0.05, 0.1) is 30.7 Å². The predicted molar refractivity (Wildman–Crippen MR) is 122 cm³/mol. The van der Waals surface area contributed by atoms with Crippen molar-refractivity contribution >= 4 is 27.5 Å². The zero-order chi connectivity index (χ0) is 23.1. The Balaban J connectivity index is 1.52. The lowest BCUT2D eigenvalue weighted by Gasteiger charge is -2.25. The van der Waals surface area contributed by atoms with E-state index in [9.17, 15) is 18.0 Å². The van der Waals surface area contributed by atoms with Crippen LogP contribution in [0.25, 0.3) is 0 Å². The van der Waals surface area contributed by atoms with E-state index in [0.29, 0.717) is 30.1 Å². The number of ether oxygens (including phenoxy) is 1. The summed E-state index contributed by atoms with van der Waals surface area (Å²) in [4.78, 5) is 24.7. The van der Waals surface area contributed by atoms with Crippen molar-refractivity contribution in [3.05, 3.63) is 53.6 Å². The van der Waals surface area contributed by atoms with E-state index in [2.05, 4.69) is 10.6 Å². The van der Waals surface area contributed by atoms with Crippen molar-refractivity contribution in [2.45, 2.75) is 37.5 Å². The second-order valence-corrected chi connectivity index (χ2v) is 9.75. The molecule has 1 saturated heterocycles. The van der Waals surface area contributed by atoms with Crippen molar-refractivity contribution in [1.29, 1.82) is 0 Å². The minimum Gasteiger partial charge on any atom is -0.495 e. The van der Waals surface area contributed by atoms with E-state index in [0.717, 1.165) is 24.8 Å². The summed E-state index contributed by atoms with van der Waals surface area (Å²) < 4.78 is 32.2. The number of amides is 2. The Kier molecular flexibility index (Phi) is 7.87. The number of carbonyl (C=O) groups excluding carboxylic acids is 2. The number of methoxy groups -OCH3 is 1. The van der Waals surface area contributed by atoms with Crippen molar-refractivity contribution in [3.8, 4) is 5.75 Å². The van der Waals surface area contributed by atoms with E-state index in [1.165, 1.54) is 23.5 Å². The van der Waals surface area contributed by atoms with Crippen molar-refractivity contribution in [2.75, 3.05) is 32.1 Å². The van der Waals surface area contributed by atoms with E-state index in [1.54, 1.807) is 24.3 Å². The third-order valence-corrected chi connectivity index (χ3v) is 7.23. The summed E-state index contributed by atoms with van der Waals surface area (Å²) in [7, 11) is -1.98. The lowest BCUT2D eigenvalue weighted by atomic mass is 10.1. The molecular weight excluding hydrogens is 430 g/mol. The smallest absolute Gasteiger partial charge is 0.243 e. The highest BCUT2D eigenvalue weighted by Gasteiger charge is 2.25. The van der Waals surface area contributed by atoms with Crippen LogP contribution in [0.4, 0.5) is 5.69 Å². The third-order valence-electron chi connectivity index (χ3n) is 5.32. The minimum absolute atomic E-state index is 0.0467. The average molecular weight is 460 g/mol. The van der Waals surface area contributed by atoms with E-state index in [-0.39, 0.29) is 29.7 Å². The lowest BCUT2D eigenvalue weighted by molar-refractivity contribution is -0.123. The van der Waals surface area contributed by atoms with Crippen molar-refractivity contribution in [1.82, 2.24) is 9.62 Å². The minimum atomic E-state index is -3.50. The number of aryl methyl sites for hydroxylation is 1. The van der Waals surface area contributed by atoms with Gasteiger partial charge in [0.1, 0.15) is 5.75 Å². The van der Waals surface area contributed by atoms with Crippen LogP contribution in [0.1, 0.15) is 30.4 Å². The average Bonchev–Trinajstić information content (AvgIpc) is 2.79. The molecule has 8 nitrogen and oxygen atoms in total. The number of hydrogen-bond donors (Lipinski definition) is 2. The van der Waals surface area contributed by atoms with Gasteiger partial charge in [0.2, 0.25) is 21.8 Å². The van der Waals surface area contributed by atoms with Gasteiger partial charge in [0.15, 0.2) is 0 Å². The molecule has 2 amide bonds. The number of anilines is 1. The van der Waals surface area contributed by atoms with Gasteiger partial charge >= 0.3 is 0 Å². The first-order chi connectivity index (χ1) is 15.3. The molecule has 2 aromatic rings. The Morgan fingerprint density at radius 2 is 1.69 bits per heavy atom. The SMILES string of the molecule is COc1ccc(C)cc1NC(=O)CNC(=O)Cc1ccc(S(=O)(=O)N2CCCCC2)cc1. The van der Waals surface area contributed by atoms with Gasteiger partial charge in [-0.15, -0.1) is 0 Å². The summed E-state index contributed by atoms with van der Waals surface area (Å²) in [5, 5.41) is 5.31. The van der Waals surface area contributed by atoms with Crippen LogP contribution in [0.2, 0.25) is 0 Å². The largest absolute Gasteiger partial charge is 0.495 e. The number of rotatable bonds is 8. The van der Waals surface area contributed by atoms with Crippen LogP contribution in [0, 0.1) is 6.92 Å². The monoisotopic (exact) mass is 459 g/mol. The quantitative estimate of drug-likeness (QED) is 0.631. The van der Waals surface area contributed by atoms with Crippen LogP contribution in [0.3, 0.4) is 0 Å². The van der Waals surface area contributed by atoms with Gasteiger partial charge in [-0.1, -0.05) is 24.6 Å². The van der Waals surface area contributed by atoms with Gasteiger partial charge in [0, 0.05) is 13.1 Å². The molecule has 0 aromatic heterocycles. The summed E-state index contributed by atoms with van der Waals surface area (Å²) in [6, 6.07) is 11.8. The number of piperidine rings is 1. The van der Waals surface area contributed by atoms with Crippen molar-refractivity contribution in [3.63, 3.8) is 0 Å². The first kappa shape index (κ1) is 23.7. The summed E-state index contributed by atoms with van der Waals surface area (Å²) in [5.41, 5.74) is 2.17. The Morgan fingerprint density at radius 3 is 2.34 bits per heavy atom. The maximum atomic E-state index is 12.7. The number of nitrogens with zero attached hydrogens (tertiary/aromatic N) is 1. The van der Waals surface area contributed by atoms with Gasteiger partial charge in [0.25, 0.3) is 0 Å². The molecule has 1 fully saturated rings. The maximum Gasteiger partial charge on any atom is 0.243 e. The molecular formula is C23H29N3O5S. The summed E-state index contributed by atoms with van der Waals surface area (Å²) in [6.45, 7) is 2.81. The first-order valence-corrected chi connectivity index (χ1v) is 12.0. The maximum absolute atomic E-state index is 12.7. The van der Waals surface area contributed by atoms with Crippen LogP contribution in [-0.2, 0) is 26.0 Å². The molecule has 0 bridgehead atoms. The Morgan fingerprint density at radius 1 is 1.00 bits per heavy atom. The fourth-order valence-corrected chi connectivity index (χ4v) is 5.09. The van der Waals surface area contributed by atoms with Crippen LogP contribution in [-0.4, -0.2) is 51.3 Å². The molecule has 0 atom stereocenters. The van der Waals surface area contributed by atoms with E-state index < -0.39 is 10.0 Å². The Bertz CT molecular complexity index is 1060. The molecule has 1 aliphatic rings. The highest BCUT2D eigenvalue weighted by atomic mass is 32.2. The Hall–Kier alpha value is -2.91. The first-order valence-electron chi connectivity index (χ1n) is 10.6. The highest BCUT2D eigenvalue weighted by Crippen LogP contribution is 2.25. The molecule has 2 aromatic carbocycles. The molecule has 2 N–H and O–H groups in total. The molecule has 0 spiro atoms. The normalized spacial score (nSPS) is 14.6. The lowest BCUT2D eigenvalue weighted by Crippen LogP contribution is -2.35. The molecule has 0 saturated carbocycles. The van der Waals surface area contributed by atoms with E-state index >= 15 is 0 Å². The van der Waals surface area contributed by atoms with Crippen LogP contribution in [0.15, 0.2) is 47.4 Å². The fraction of sp³-hybridized carbons (Fsp3) is 0.391. The van der Waals surface area contributed by atoms with Crippen LogP contribution < -0.4 is 15.4 Å². The van der Waals surface area contributed by atoms with Crippen molar-refractivity contribution in [2.24, 2.45) is 0 Å². The van der Waals surface area contributed by atoms with Gasteiger partial charge in [-0.3, -0.25) is 9.59 Å². The molecule has 172 valence electrons. The second kappa shape index (κ2) is 10.6. The highest BCUT2D eigenvalue weighted by molar-refractivity contribution is 7.89. The topological polar surface area (TPSA) is 105 Å². The molecule has 1 aliphatic heterocycles. The predicted octanol–water partition coefficient (Wildman–Crippen LogP) is 2.48. The summed E-state index contributed by atoms with van der Waals surface area (Å²) in [6.07, 6.45) is 2.85. The number of sulfonamides is 1. The van der Waals surface area contributed by atoms with Crippen molar-refractivity contribution < 1.29 is 22.7 Å². The van der Waals surface area contributed by atoms with E-state index in [1.807, 2.05) is 13.0 Å². The molecule has 32 heavy (non-hydrogen) atoms. The van der Waals surface area contributed by atoms with Gasteiger partial charge in [-0.05, 0) is 55.2 Å². The van der Waals surface area contributed by atoms with Gasteiger partial charge in [-0.2, -0.15) is 4.31 Å². The molecule has 0 aliphatic carbocycles. The molecule has 9 heteroatoms. The number of hydrogen-bond acceptors (Lipinski definition) is 5. The summed E-state index contributed by atoms with van der Waals surface area (Å²) in [5.74, 6) is -0.164. The second-order valence-electron chi connectivity index (χ2n) is 7.81. The van der Waals surface area contributed by atoms with Crippen LogP contribution in [0.5, 0.6) is 5.75 Å².